The predicted molar refractivity (Wildman–Crippen MR) is 77.9 cm³/mol. The molecule has 0 radical (unpaired) electrons. The first-order valence-electron chi connectivity index (χ1n) is 5.87. The van der Waals surface area contributed by atoms with Gasteiger partial charge in [-0.3, -0.25) is 4.72 Å². The molecule has 5 nitrogen and oxygen atoms in total. The molecule has 2 N–H and O–H groups in total. The Balaban J connectivity index is 2.41. The number of carboxylic acid groups (broad SMARTS) is 1. The SMILES string of the molecule is CCc1ccccc1NS(=O)(=O)c1ccsc1C(=O)O. The van der Waals surface area contributed by atoms with E-state index in [4.69, 9.17) is 5.11 Å². The lowest BCUT2D eigenvalue weighted by Gasteiger charge is -2.11. The van der Waals surface area contributed by atoms with Gasteiger partial charge in [0.15, 0.2) is 0 Å². The van der Waals surface area contributed by atoms with Gasteiger partial charge >= 0.3 is 5.97 Å². The van der Waals surface area contributed by atoms with Gasteiger partial charge in [0.05, 0.1) is 5.69 Å². The zero-order chi connectivity index (χ0) is 14.8. The molecule has 2 aromatic rings. The lowest BCUT2D eigenvalue weighted by atomic mass is 10.1. The van der Waals surface area contributed by atoms with Crippen LogP contribution < -0.4 is 4.72 Å². The fourth-order valence-corrected chi connectivity index (χ4v) is 4.15. The van der Waals surface area contributed by atoms with E-state index in [0.29, 0.717) is 12.1 Å². The van der Waals surface area contributed by atoms with Gasteiger partial charge in [-0.1, -0.05) is 25.1 Å². The molecule has 20 heavy (non-hydrogen) atoms. The second-order valence-corrected chi connectivity index (χ2v) is 6.60. The molecule has 0 saturated carbocycles. The van der Waals surface area contributed by atoms with Crippen molar-refractivity contribution in [3.8, 4) is 0 Å². The van der Waals surface area contributed by atoms with E-state index in [-0.39, 0.29) is 9.77 Å². The highest BCUT2D eigenvalue weighted by Gasteiger charge is 2.24. The van der Waals surface area contributed by atoms with Crippen LogP contribution in [0.1, 0.15) is 22.2 Å². The summed E-state index contributed by atoms with van der Waals surface area (Å²) in [6.07, 6.45) is 0.675. The average Bonchev–Trinajstić information content (AvgIpc) is 2.89. The number of para-hydroxylation sites is 1. The Morgan fingerprint density at radius 3 is 2.65 bits per heavy atom. The van der Waals surface area contributed by atoms with Crippen LogP contribution in [-0.2, 0) is 16.4 Å². The van der Waals surface area contributed by atoms with Crippen molar-refractivity contribution < 1.29 is 18.3 Å². The summed E-state index contributed by atoms with van der Waals surface area (Å²) in [6, 6.07) is 8.32. The Hall–Kier alpha value is -1.86. The molecule has 0 unspecified atom stereocenters. The molecule has 1 aromatic carbocycles. The summed E-state index contributed by atoms with van der Waals surface area (Å²) in [6.45, 7) is 1.92. The highest BCUT2D eigenvalue weighted by Crippen LogP contribution is 2.25. The van der Waals surface area contributed by atoms with E-state index in [1.165, 1.54) is 11.4 Å². The number of benzene rings is 1. The Bertz CT molecular complexity index is 734. The second-order valence-electron chi connectivity index (χ2n) is 4.04. The Labute approximate surface area is 120 Å². The number of anilines is 1. The number of hydrogen-bond donors (Lipinski definition) is 2. The number of carbonyl (C=O) groups is 1. The van der Waals surface area contributed by atoms with Gasteiger partial charge in [0, 0.05) is 0 Å². The molecule has 1 heterocycles. The minimum absolute atomic E-state index is 0.188. The first-order valence-corrected chi connectivity index (χ1v) is 8.23. The number of thiophene rings is 1. The second kappa shape index (κ2) is 5.64. The van der Waals surface area contributed by atoms with Gasteiger partial charge in [-0.05, 0) is 29.5 Å². The third kappa shape index (κ3) is 2.83. The topological polar surface area (TPSA) is 83.5 Å². The normalized spacial score (nSPS) is 11.2. The number of carboxylic acids is 1. The first-order chi connectivity index (χ1) is 9.45. The smallest absolute Gasteiger partial charge is 0.347 e. The maximum Gasteiger partial charge on any atom is 0.347 e. The molecule has 0 spiro atoms. The number of hydrogen-bond acceptors (Lipinski definition) is 4. The van der Waals surface area contributed by atoms with E-state index in [1.54, 1.807) is 12.1 Å². The van der Waals surface area contributed by atoms with Crippen LogP contribution in [0.25, 0.3) is 0 Å². The Morgan fingerprint density at radius 1 is 1.30 bits per heavy atom. The third-order valence-electron chi connectivity index (χ3n) is 2.76. The number of aryl methyl sites for hydroxylation is 1. The van der Waals surface area contributed by atoms with Crippen LogP contribution in [-0.4, -0.2) is 19.5 Å². The molecule has 1 aromatic heterocycles. The summed E-state index contributed by atoms with van der Waals surface area (Å²) in [5.74, 6) is -1.25. The molecular weight excluding hydrogens is 298 g/mol. The monoisotopic (exact) mass is 311 g/mol. The molecule has 0 fully saturated rings. The fourth-order valence-electron chi connectivity index (χ4n) is 1.79. The number of aromatic carboxylic acids is 1. The van der Waals surface area contributed by atoms with Crippen molar-refractivity contribution in [2.75, 3.05) is 4.72 Å². The first kappa shape index (κ1) is 14.5. The van der Waals surface area contributed by atoms with Crippen LogP contribution in [0.2, 0.25) is 0 Å². The van der Waals surface area contributed by atoms with Crippen molar-refractivity contribution in [1.82, 2.24) is 0 Å². The van der Waals surface area contributed by atoms with Crippen molar-refractivity contribution in [2.45, 2.75) is 18.2 Å². The van der Waals surface area contributed by atoms with Gasteiger partial charge in [-0.25, -0.2) is 13.2 Å². The highest BCUT2D eigenvalue weighted by molar-refractivity contribution is 7.93. The Kier molecular flexibility index (Phi) is 4.10. The van der Waals surface area contributed by atoms with E-state index < -0.39 is 16.0 Å². The largest absolute Gasteiger partial charge is 0.477 e. The van der Waals surface area contributed by atoms with E-state index >= 15 is 0 Å². The van der Waals surface area contributed by atoms with Gasteiger partial charge in [-0.2, -0.15) is 0 Å². The van der Waals surface area contributed by atoms with E-state index in [2.05, 4.69) is 4.72 Å². The molecule has 0 aliphatic carbocycles. The number of nitrogens with one attached hydrogen (secondary N) is 1. The van der Waals surface area contributed by atoms with Crippen LogP contribution in [0.15, 0.2) is 40.6 Å². The molecule has 0 aliphatic heterocycles. The van der Waals surface area contributed by atoms with E-state index in [1.807, 2.05) is 19.1 Å². The summed E-state index contributed by atoms with van der Waals surface area (Å²) >= 11 is 0.886. The van der Waals surface area contributed by atoms with Crippen molar-refractivity contribution in [3.05, 3.63) is 46.2 Å². The van der Waals surface area contributed by atoms with Crippen LogP contribution in [0.4, 0.5) is 5.69 Å². The molecule has 0 amide bonds. The third-order valence-corrected chi connectivity index (χ3v) is 5.19. The van der Waals surface area contributed by atoms with Gasteiger partial charge in [0.1, 0.15) is 9.77 Å². The Morgan fingerprint density at radius 2 is 2.00 bits per heavy atom. The van der Waals surface area contributed by atoms with Crippen molar-refractivity contribution >= 4 is 33.0 Å². The summed E-state index contributed by atoms with van der Waals surface area (Å²) in [5.41, 5.74) is 1.32. The zero-order valence-corrected chi connectivity index (χ0v) is 12.3. The minimum Gasteiger partial charge on any atom is -0.477 e. The maximum atomic E-state index is 12.3. The molecule has 0 atom stereocenters. The minimum atomic E-state index is -3.90. The summed E-state index contributed by atoms with van der Waals surface area (Å²) in [4.78, 5) is 10.6. The summed E-state index contributed by atoms with van der Waals surface area (Å²) in [5, 5.41) is 10.5. The lowest BCUT2D eigenvalue weighted by Crippen LogP contribution is -2.16. The van der Waals surface area contributed by atoms with Gasteiger partial charge in [0.25, 0.3) is 10.0 Å². The predicted octanol–water partition coefficient (Wildman–Crippen LogP) is 2.81. The standard InChI is InChI=1S/C13H13NO4S2/c1-2-9-5-3-4-6-10(9)14-20(17,18)11-7-8-19-12(11)13(15)16/h3-8,14H,2H2,1H3,(H,15,16). The average molecular weight is 311 g/mol. The maximum absolute atomic E-state index is 12.3. The number of rotatable bonds is 5. The van der Waals surface area contributed by atoms with Gasteiger partial charge < -0.3 is 5.11 Å². The molecular formula is C13H13NO4S2. The van der Waals surface area contributed by atoms with Gasteiger partial charge in [-0.15, -0.1) is 11.3 Å². The van der Waals surface area contributed by atoms with Crippen LogP contribution in [0.5, 0.6) is 0 Å². The van der Waals surface area contributed by atoms with Crippen LogP contribution in [0, 0.1) is 0 Å². The lowest BCUT2D eigenvalue weighted by molar-refractivity contribution is 0.0698. The van der Waals surface area contributed by atoms with Gasteiger partial charge in [0.2, 0.25) is 0 Å². The van der Waals surface area contributed by atoms with Crippen molar-refractivity contribution in [2.24, 2.45) is 0 Å². The number of sulfonamides is 1. The molecule has 0 bridgehead atoms. The summed E-state index contributed by atoms with van der Waals surface area (Å²) in [7, 11) is -3.90. The molecule has 2 rings (SSSR count). The molecule has 7 heteroatoms. The fraction of sp³-hybridized carbons (Fsp3) is 0.154. The molecule has 0 saturated heterocycles. The molecule has 106 valence electrons. The molecule has 0 aliphatic rings. The van der Waals surface area contributed by atoms with Crippen molar-refractivity contribution in [3.63, 3.8) is 0 Å². The quantitative estimate of drug-likeness (QED) is 0.889. The van der Waals surface area contributed by atoms with Crippen LogP contribution >= 0.6 is 11.3 Å². The van der Waals surface area contributed by atoms with Crippen molar-refractivity contribution in [1.29, 1.82) is 0 Å². The zero-order valence-electron chi connectivity index (χ0n) is 10.7. The summed E-state index contributed by atoms with van der Waals surface area (Å²) < 4.78 is 27.0. The van der Waals surface area contributed by atoms with Crippen LogP contribution in [0.3, 0.4) is 0 Å². The van der Waals surface area contributed by atoms with E-state index in [0.717, 1.165) is 16.9 Å². The van der Waals surface area contributed by atoms with E-state index in [9.17, 15) is 13.2 Å². The highest BCUT2D eigenvalue weighted by atomic mass is 32.2.